The van der Waals surface area contributed by atoms with Crippen molar-refractivity contribution in [1.82, 2.24) is 0 Å². The van der Waals surface area contributed by atoms with Crippen LogP contribution >= 0.6 is 0 Å². The number of fused-ring (bicyclic) bond motifs is 5. The molecule has 0 N–H and O–H groups in total. The third kappa shape index (κ3) is 3.97. The summed E-state index contributed by atoms with van der Waals surface area (Å²) in [4.78, 5) is 23.1. The molecule has 0 aromatic rings. The van der Waals surface area contributed by atoms with Crippen LogP contribution in [0.15, 0.2) is 11.6 Å². The Morgan fingerprint density at radius 3 is 2.65 bits per heavy atom. The molecule has 0 aliphatic heterocycles. The van der Waals surface area contributed by atoms with Crippen LogP contribution in [0, 0.1) is 40.4 Å². The third-order valence-electron chi connectivity index (χ3n) is 10.1. The van der Waals surface area contributed by atoms with Crippen molar-refractivity contribution in [3.8, 4) is 0 Å². The van der Waals surface area contributed by atoms with Crippen LogP contribution in [-0.4, -0.2) is 25.2 Å². The molecule has 0 amide bonds. The summed E-state index contributed by atoms with van der Waals surface area (Å²) in [7, 11) is 1.49. The zero-order valence-electron chi connectivity index (χ0n) is 20.2. The van der Waals surface area contributed by atoms with Gasteiger partial charge in [0.25, 0.3) is 0 Å². The molecule has 0 bridgehead atoms. The molecule has 0 radical (unpaired) electrons. The van der Waals surface area contributed by atoms with Gasteiger partial charge in [-0.3, -0.25) is 9.59 Å². The van der Waals surface area contributed by atoms with E-state index in [-0.39, 0.29) is 23.5 Å². The van der Waals surface area contributed by atoms with E-state index >= 15 is 0 Å². The average molecular weight is 431 g/mol. The van der Waals surface area contributed by atoms with Gasteiger partial charge in [-0.05, 0) is 98.2 Å². The van der Waals surface area contributed by atoms with Crippen LogP contribution < -0.4 is 0 Å². The summed E-state index contributed by atoms with van der Waals surface area (Å²) in [6.07, 6.45) is 13.8. The maximum absolute atomic E-state index is 11.7. The van der Waals surface area contributed by atoms with E-state index in [0.717, 1.165) is 37.5 Å². The molecule has 4 nitrogen and oxygen atoms in total. The fourth-order valence-corrected chi connectivity index (χ4v) is 8.45. The van der Waals surface area contributed by atoms with Crippen molar-refractivity contribution in [2.75, 3.05) is 7.11 Å². The Labute approximate surface area is 188 Å². The van der Waals surface area contributed by atoms with Gasteiger partial charge in [-0.2, -0.15) is 0 Å². The summed E-state index contributed by atoms with van der Waals surface area (Å²) < 4.78 is 10.5. The molecule has 0 spiro atoms. The first-order valence-corrected chi connectivity index (χ1v) is 12.6. The molecule has 4 aliphatic carbocycles. The summed E-state index contributed by atoms with van der Waals surface area (Å²) in [5, 5.41) is 0. The maximum atomic E-state index is 11.7. The molecule has 3 saturated carbocycles. The van der Waals surface area contributed by atoms with Crippen LogP contribution in [-0.2, 0) is 19.1 Å². The van der Waals surface area contributed by atoms with Gasteiger partial charge in [0, 0.05) is 13.3 Å². The van der Waals surface area contributed by atoms with E-state index in [1.54, 1.807) is 5.57 Å². The fraction of sp³-hybridized carbons (Fsp3) is 0.852. The largest absolute Gasteiger partial charge is 0.469 e. The predicted octanol–water partition coefficient (Wildman–Crippen LogP) is 6.09. The minimum Gasteiger partial charge on any atom is -0.469 e. The molecule has 4 heteroatoms. The van der Waals surface area contributed by atoms with Crippen LogP contribution in [0.25, 0.3) is 0 Å². The van der Waals surface area contributed by atoms with E-state index in [2.05, 4.69) is 26.8 Å². The first-order valence-electron chi connectivity index (χ1n) is 12.6. The van der Waals surface area contributed by atoms with Crippen LogP contribution in [0.2, 0.25) is 0 Å². The third-order valence-corrected chi connectivity index (χ3v) is 10.1. The number of carbonyl (C=O) groups is 2. The van der Waals surface area contributed by atoms with Crippen molar-refractivity contribution in [3.05, 3.63) is 11.6 Å². The van der Waals surface area contributed by atoms with E-state index in [9.17, 15) is 9.59 Å². The van der Waals surface area contributed by atoms with Gasteiger partial charge in [0.15, 0.2) is 0 Å². The highest BCUT2D eigenvalue weighted by Gasteiger charge is 2.57. The van der Waals surface area contributed by atoms with Crippen molar-refractivity contribution in [3.63, 3.8) is 0 Å². The maximum Gasteiger partial charge on any atom is 0.305 e. The highest BCUT2D eigenvalue weighted by Crippen LogP contribution is 2.66. The second-order valence-electron chi connectivity index (χ2n) is 11.6. The van der Waals surface area contributed by atoms with Crippen LogP contribution in [0.5, 0.6) is 0 Å². The number of ether oxygens (including phenoxy) is 2. The van der Waals surface area contributed by atoms with Gasteiger partial charge in [-0.15, -0.1) is 0 Å². The Hall–Kier alpha value is -1.32. The zero-order chi connectivity index (χ0) is 22.4. The standard InChI is InChI=1S/C27H42O4/c1-17(6-11-25(29)30-5)22-9-10-23-21-8-7-19-16-20(31-18(2)28)12-14-26(19,3)24(21)13-15-27(22,23)4/h13,17,19-23H,6-12,14-16H2,1-5H3/t17-,19-,20-,21+,22+,23+,26+,27-/m1/s1. The van der Waals surface area contributed by atoms with Crippen LogP contribution in [0.1, 0.15) is 91.9 Å². The van der Waals surface area contributed by atoms with Crippen molar-refractivity contribution in [2.24, 2.45) is 40.4 Å². The number of rotatable bonds is 5. The molecule has 0 aromatic carbocycles. The number of hydrogen-bond acceptors (Lipinski definition) is 4. The van der Waals surface area contributed by atoms with E-state index in [1.165, 1.54) is 46.1 Å². The minimum absolute atomic E-state index is 0.0759. The molecule has 8 atom stereocenters. The Morgan fingerprint density at radius 2 is 1.94 bits per heavy atom. The summed E-state index contributed by atoms with van der Waals surface area (Å²) in [5.74, 6) is 3.21. The van der Waals surface area contributed by atoms with Gasteiger partial charge in [-0.25, -0.2) is 0 Å². The average Bonchev–Trinajstić information content (AvgIpc) is 3.09. The van der Waals surface area contributed by atoms with Gasteiger partial charge in [0.1, 0.15) is 6.10 Å². The molecular weight excluding hydrogens is 388 g/mol. The predicted molar refractivity (Wildman–Crippen MR) is 121 cm³/mol. The van der Waals surface area contributed by atoms with Gasteiger partial charge in [-0.1, -0.05) is 32.4 Å². The first kappa shape index (κ1) is 22.9. The molecule has 0 unspecified atom stereocenters. The quantitative estimate of drug-likeness (QED) is 0.391. The molecule has 4 aliphatic rings. The number of carbonyl (C=O) groups excluding carboxylic acids is 2. The van der Waals surface area contributed by atoms with E-state index in [4.69, 9.17) is 9.47 Å². The molecule has 4 rings (SSSR count). The number of methoxy groups -OCH3 is 1. The molecule has 0 heterocycles. The lowest BCUT2D eigenvalue weighted by molar-refractivity contribution is -0.151. The van der Waals surface area contributed by atoms with Crippen LogP contribution in [0.3, 0.4) is 0 Å². The normalized spacial score (nSPS) is 42.5. The molecule has 174 valence electrons. The zero-order valence-corrected chi connectivity index (χ0v) is 20.2. The van der Waals surface area contributed by atoms with Gasteiger partial charge < -0.3 is 9.47 Å². The number of hydrogen-bond donors (Lipinski definition) is 0. The lowest BCUT2D eigenvalue weighted by Crippen LogP contribution is -2.49. The Bertz CT molecular complexity index is 742. The van der Waals surface area contributed by atoms with Crippen molar-refractivity contribution >= 4 is 11.9 Å². The molecule has 0 aromatic heterocycles. The smallest absolute Gasteiger partial charge is 0.305 e. The highest BCUT2D eigenvalue weighted by atomic mass is 16.5. The van der Waals surface area contributed by atoms with E-state index in [0.29, 0.717) is 29.6 Å². The topological polar surface area (TPSA) is 52.6 Å². The number of allylic oxidation sites excluding steroid dienone is 2. The van der Waals surface area contributed by atoms with Gasteiger partial charge in [0.05, 0.1) is 7.11 Å². The molecule has 0 saturated heterocycles. The van der Waals surface area contributed by atoms with Crippen molar-refractivity contribution in [1.29, 1.82) is 0 Å². The second kappa shape index (κ2) is 8.56. The number of esters is 2. The highest BCUT2D eigenvalue weighted by molar-refractivity contribution is 5.69. The summed E-state index contributed by atoms with van der Waals surface area (Å²) in [5.41, 5.74) is 2.40. The Balaban J connectivity index is 1.50. The summed E-state index contributed by atoms with van der Waals surface area (Å²) in [6.45, 7) is 8.95. The second-order valence-corrected chi connectivity index (χ2v) is 11.6. The summed E-state index contributed by atoms with van der Waals surface area (Å²) >= 11 is 0. The molecule has 31 heavy (non-hydrogen) atoms. The van der Waals surface area contributed by atoms with E-state index in [1.807, 2.05) is 0 Å². The van der Waals surface area contributed by atoms with Crippen molar-refractivity contribution in [2.45, 2.75) is 98.0 Å². The van der Waals surface area contributed by atoms with Gasteiger partial charge >= 0.3 is 11.9 Å². The lowest BCUT2D eigenvalue weighted by atomic mass is 9.48. The minimum atomic E-state index is -0.131. The lowest BCUT2D eigenvalue weighted by Gasteiger charge is -2.57. The first-order chi connectivity index (χ1) is 14.7. The Kier molecular flexibility index (Phi) is 6.31. The van der Waals surface area contributed by atoms with Gasteiger partial charge in [0.2, 0.25) is 0 Å². The SMILES string of the molecule is COC(=O)CC[C@@H](C)[C@@H]1CC[C@H]2[C@@H]3CC[C@@H]4C[C@H](OC(C)=O)CC[C@]4(C)C3=CC[C@]12C. The molecule has 3 fully saturated rings. The fourth-order valence-electron chi connectivity index (χ4n) is 8.45. The molecular formula is C27H42O4. The van der Waals surface area contributed by atoms with E-state index < -0.39 is 0 Å². The Morgan fingerprint density at radius 1 is 1.16 bits per heavy atom. The van der Waals surface area contributed by atoms with Crippen molar-refractivity contribution < 1.29 is 19.1 Å². The van der Waals surface area contributed by atoms with Crippen LogP contribution in [0.4, 0.5) is 0 Å². The summed E-state index contributed by atoms with van der Waals surface area (Å²) in [6, 6.07) is 0. The monoisotopic (exact) mass is 430 g/mol.